The van der Waals surface area contributed by atoms with Crippen molar-refractivity contribution in [2.75, 3.05) is 4.90 Å². The summed E-state index contributed by atoms with van der Waals surface area (Å²) in [5.74, 6) is -0.167. The van der Waals surface area contributed by atoms with Crippen molar-refractivity contribution in [3.05, 3.63) is 82.3 Å². The number of carbonyl (C=O) groups is 2. The Hall–Kier alpha value is -3.58. The number of rotatable bonds is 3. The van der Waals surface area contributed by atoms with Gasteiger partial charge in [0.05, 0.1) is 5.69 Å². The Morgan fingerprint density at radius 2 is 1.71 bits per heavy atom. The topological polar surface area (TPSA) is 67.2 Å². The highest BCUT2D eigenvalue weighted by Crippen LogP contribution is 2.26. The molecule has 31 heavy (non-hydrogen) atoms. The fourth-order valence-corrected chi connectivity index (χ4v) is 4.18. The molecular formula is C24H22N4O2S. The van der Waals surface area contributed by atoms with E-state index in [0.717, 1.165) is 33.9 Å². The quantitative estimate of drug-likeness (QED) is 0.388. The zero-order valence-electron chi connectivity index (χ0n) is 17.8. The van der Waals surface area contributed by atoms with E-state index in [-0.39, 0.29) is 10.7 Å². The highest BCUT2D eigenvalue weighted by molar-refractivity contribution is 7.80. The van der Waals surface area contributed by atoms with Crippen LogP contribution in [0.3, 0.4) is 0 Å². The van der Waals surface area contributed by atoms with Crippen LogP contribution in [0.5, 0.6) is 0 Å². The Balaban J connectivity index is 1.78. The van der Waals surface area contributed by atoms with Crippen molar-refractivity contribution in [2.45, 2.75) is 27.7 Å². The molecule has 3 heterocycles. The molecule has 7 heteroatoms. The lowest BCUT2D eigenvalue weighted by atomic mass is 10.1. The molecule has 156 valence electrons. The lowest BCUT2D eigenvalue weighted by molar-refractivity contribution is -0.122. The summed E-state index contributed by atoms with van der Waals surface area (Å²) in [6, 6.07) is 13.4. The molecule has 2 aromatic heterocycles. The number of hydrogen-bond acceptors (Lipinski definition) is 4. The van der Waals surface area contributed by atoms with Gasteiger partial charge in [0.1, 0.15) is 11.4 Å². The molecule has 2 amide bonds. The Kier molecular flexibility index (Phi) is 5.29. The number of pyridine rings is 1. The summed E-state index contributed by atoms with van der Waals surface area (Å²) in [7, 11) is 0. The summed E-state index contributed by atoms with van der Waals surface area (Å²) in [6.45, 7) is 7.81. The number of anilines is 1. The minimum Gasteiger partial charge on any atom is -0.303 e. The van der Waals surface area contributed by atoms with E-state index in [1.807, 2.05) is 74.7 Å². The van der Waals surface area contributed by atoms with Gasteiger partial charge in [-0.1, -0.05) is 12.1 Å². The standard InChI is InChI=1S/C24H22N4O2S/c1-14-9-15(2)11-19(10-14)28-23(30)20(22(29)26-24(28)31)13-18-12-16(3)27(17(18)4)21-7-5-6-8-25-21/h5-13H,1-4H3,(H,26,29,31). The second-order valence-electron chi connectivity index (χ2n) is 7.65. The lowest BCUT2D eigenvalue weighted by Crippen LogP contribution is -2.54. The van der Waals surface area contributed by atoms with Gasteiger partial charge in [-0.15, -0.1) is 0 Å². The molecular weight excluding hydrogens is 408 g/mol. The second-order valence-corrected chi connectivity index (χ2v) is 8.04. The summed E-state index contributed by atoms with van der Waals surface area (Å²) in [6.07, 6.45) is 3.35. The zero-order valence-corrected chi connectivity index (χ0v) is 18.6. The third kappa shape index (κ3) is 3.80. The number of thiocarbonyl (C=S) groups is 1. The van der Waals surface area contributed by atoms with Crippen LogP contribution in [-0.2, 0) is 9.59 Å². The average Bonchev–Trinajstić information content (AvgIpc) is 2.98. The molecule has 3 aromatic rings. The normalized spacial score (nSPS) is 15.5. The Morgan fingerprint density at radius 1 is 1.00 bits per heavy atom. The third-order valence-corrected chi connectivity index (χ3v) is 5.50. The van der Waals surface area contributed by atoms with Gasteiger partial charge >= 0.3 is 0 Å². The van der Waals surface area contributed by atoms with Crippen molar-refractivity contribution < 1.29 is 9.59 Å². The molecule has 0 aliphatic carbocycles. The maximum Gasteiger partial charge on any atom is 0.270 e. The minimum absolute atomic E-state index is 0.0361. The molecule has 0 saturated carbocycles. The molecule has 4 rings (SSSR count). The van der Waals surface area contributed by atoms with Gasteiger partial charge in [-0.2, -0.15) is 0 Å². The third-order valence-electron chi connectivity index (χ3n) is 5.21. The maximum atomic E-state index is 13.3. The molecule has 0 atom stereocenters. The molecule has 0 spiro atoms. The first-order chi connectivity index (χ1) is 14.8. The van der Waals surface area contributed by atoms with Crippen LogP contribution in [0, 0.1) is 27.7 Å². The van der Waals surface area contributed by atoms with Crippen LogP contribution in [0.15, 0.2) is 54.2 Å². The average molecular weight is 431 g/mol. The van der Waals surface area contributed by atoms with E-state index < -0.39 is 11.8 Å². The van der Waals surface area contributed by atoms with Crippen LogP contribution in [0.25, 0.3) is 11.9 Å². The van der Waals surface area contributed by atoms with Crippen LogP contribution in [-0.4, -0.2) is 26.5 Å². The van der Waals surface area contributed by atoms with Gasteiger partial charge in [-0.3, -0.25) is 19.8 Å². The van der Waals surface area contributed by atoms with Gasteiger partial charge in [0, 0.05) is 17.6 Å². The van der Waals surface area contributed by atoms with Gasteiger partial charge in [0.15, 0.2) is 5.11 Å². The monoisotopic (exact) mass is 430 g/mol. The van der Waals surface area contributed by atoms with E-state index in [4.69, 9.17) is 12.2 Å². The first-order valence-electron chi connectivity index (χ1n) is 9.86. The summed E-state index contributed by atoms with van der Waals surface area (Å²) < 4.78 is 1.99. The highest BCUT2D eigenvalue weighted by Gasteiger charge is 2.35. The van der Waals surface area contributed by atoms with Gasteiger partial charge in [0.25, 0.3) is 11.8 Å². The Bertz CT molecular complexity index is 1240. The van der Waals surface area contributed by atoms with E-state index in [9.17, 15) is 9.59 Å². The molecule has 1 N–H and O–H groups in total. The number of benzene rings is 1. The second kappa shape index (κ2) is 7.92. The summed E-state index contributed by atoms with van der Waals surface area (Å²) in [4.78, 5) is 31.8. The molecule has 1 saturated heterocycles. The summed E-state index contributed by atoms with van der Waals surface area (Å²) in [5, 5.41) is 2.73. The fourth-order valence-electron chi connectivity index (χ4n) is 3.90. The van der Waals surface area contributed by atoms with E-state index in [1.54, 1.807) is 12.3 Å². The van der Waals surface area contributed by atoms with Gasteiger partial charge in [0.2, 0.25) is 0 Å². The van der Waals surface area contributed by atoms with Crippen molar-refractivity contribution in [3.8, 4) is 5.82 Å². The van der Waals surface area contributed by atoms with Crippen LogP contribution in [0.2, 0.25) is 0 Å². The fraction of sp³-hybridized carbons (Fsp3) is 0.167. The zero-order chi connectivity index (χ0) is 22.3. The Morgan fingerprint density at radius 3 is 2.35 bits per heavy atom. The van der Waals surface area contributed by atoms with Crippen LogP contribution < -0.4 is 10.2 Å². The highest BCUT2D eigenvalue weighted by atomic mass is 32.1. The molecule has 1 aliphatic heterocycles. The van der Waals surface area contributed by atoms with Crippen LogP contribution in [0.4, 0.5) is 5.69 Å². The number of aryl methyl sites for hydroxylation is 3. The molecule has 1 fully saturated rings. The molecule has 1 aliphatic rings. The van der Waals surface area contributed by atoms with E-state index in [2.05, 4.69) is 10.3 Å². The molecule has 0 radical (unpaired) electrons. The van der Waals surface area contributed by atoms with Crippen molar-refractivity contribution in [1.29, 1.82) is 0 Å². The van der Waals surface area contributed by atoms with Crippen molar-refractivity contribution in [1.82, 2.24) is 14.9 Å². The first kappa shape index (κ1) is 20.7. The van der Waals surface area contributed by atoms with E-state index >= 15 is 0 Å². The predicted octanol–water partition coefficient (Wildman–Crippen LogP) is 3.94. The molecule has 0 bridgehead atoms. The molecule has 1 aromatic carbocycles. The van der Waals surface area contributed by atoms with Gasteiger partial charge < -0.3 is 4.57 Å². The maximum absolute atomic E-state index is 13.3. The summed E-state index contributed by atoms with van der Waals surface area (Å²) >= 11 is 5.32. The predicted molar refractivity (Wildman–Crippen MR) is 125 cm³/mol. The smallest absolute Gasteiger partial charge is 0.270 e. The van der Waals surface area contributed by atoms with Crippen LogP contribution >= 0.6 is 12.2 Å². The number of carbonyl (C=O) groups excluding carboxylic acids is 2. The van der Waals surface area contributed by atoms with E-state index in [0.29, 0.717) is 5.69 Å². The van der Waals surface area contributed by atoms with Crippen molar-refractivity contribution in [3.63, 3.8) is 0 Å². The lowest BCUT2D eigenvalue weighted by Gasteiger charge is -2.29. The number of aromatic nitrogens is 2. The van der Waals surface area contributed by atoms with E-state index in [1.165, 1.54) is 4.90 Å². The number of amides is 2. The van der Waals surface area contributed by atoms with Crippen LogP contribution in [0.1, 0.15) is 28.1 Å². The Labute approximate surface area is 186 Å². The van der Waals surface area contributed by atoms with Crippen molar-refractivity contribution >= 4 is 40.9 Å². The van der Waals surface area contributed by atoms with Gasteiger partial charge in [-0.25, -0.2) is 4.98 Å². The summed E-state index contributed by atoms with van der Waals surface area (Å²) in [5.41, 5.74) is 5.30. The number of hydrogen-bond donors (Lipinski definition) is 1. The first-order valence-corrected chi connectivity index (χ1v) is 10.3. The number of nitrogens with zero attached hydrogens (tertiary/aromatic N) is 3. The number of nitrogens with one attached hydrogen (secondary N) is 1. The largest absolute Gasteiger partial charge is 0.303 e. The SMILES string of the molecule is Cc1cc(C)cc(N2C(=O)C(=Cc3cc(C)n(-c4ccccn4)c3C)C(=O)NC2=S)c1. The molecule has 6 nitrogen and oxygen atoms in total. The minimum atomic E-state index is -0.502. The van der Waals surface area contributed by atoms with Crippen molar-refractivity contribution in [2.24, 2.45) is 0 Å². The molecule has 0 unspecified atom stereocenters. The van der Waals surface area contributed by atoms with Gasteiger partial charge in [-0.05, 0) is 93.0 Å².